The minimum absolute atomic E-state index is 0.327. The van der Waals surface area contributed by atoms with Gasteiger partial charge in [0.05, 0.1) is 0 Å². The Labute approximate surface area is 98.0 Å². The molecule has 0 saturated heterocycles. The Morgan fingerprint density at radius 2 is 2.19 bits per heavy atom. The summed E-state index contributed by atoms with van der Waals surface area (Å²) in [6.07, 6.45) is 14.8. The molecule has 0 bridgehead atoms. The first-order chi connectivity index (χ1) is 7.77. The lowest BCUT2D eigenvalue weighted by molar-refractivity contribution is -0.130. The van der Waals surface area contributed by atoms with Gasteiger partial charge in [0.25, 0.3) is 0 Å². The van der Waals surface area contributed by atoms with Crippen LogP contribution >= 0.6 is 0 Å². The molecule has 0 spiro atoms. The molecule has 16 heavy (non-hydrogen) atoms. The number of hydrogen-bond donors (Lipinski definition) is 0. The summed E-state index contributed by atoms with van der Waals surface area (Å²) in [5.41, 5.74) is 0. The molecule has 0 aromatic rings. The second kappa shape index (κ2) is 5.33. The van der Waals surface area contributed by atoms with Gasteiger partial charge in [-0.15, -0.1) is 0 Å². The van der Waals surface area contributed by atoms with E-state index in [1.807, 2.05) is 11.9 Å². The van der Waals surface area contributed by atoms with E-state index in [1.165, 1.54) is 12.8 Å². The normalized spacial score (nSPS) is 24.9. The molecular weight excluding hydrogens is 198 g/mol. The first-order valence-electron chi connectivity index (χ1n) is 6.34. The van der Waals surface area contributed by atoms with Gasteiger partial charge >= 0.3 is 0 Å². The molecule has 2 aliphatic carbocycles. The lowest BCUT2D eigenvalue weighted by atomic mass is 9.94. The van der Waals surface area contributed by atoms with Crippen molar-refractivity contribution in [1.82, 2.24) is 4.90 Å². The molecule has 2 nitrogen and oxygen atoms in total. The van der Waals surface area contributed by atoms with Crippen LogP contribution < -0.4 is 0 Å². The van der Waals surface area contributed by atoms with Crippen LogP contribution in [0.25, 0.3) is 0 Å². The van der Waals surface area contributed by atoms with E-state index < -0.39 is 0 Å². The smallest absolute Gasteiger partial charge is 0.225 e. The first-order valence-corrected chi connectivity index (χ1v) is 6.34. The summed E-state index contributed by atoms with van der Waals surface area (Å²) in [6.45, 7) is 0.773. The topological polar surface area (TPSA) is 20.3 Å². The van der Waals surface area contributed by atoms with Gasteiger partial charge in [-0.1, -0.05) is 24.3 Å². The van der Waals surface area contributed by atoms with Gasteiger partial charge in [-0.2, -0.15) is 0 Å². The molecule has 1 amide bonds. The minimum atomic E-state index is 0.327. The van der Waals surface area contributed by atoms with Crippen molar-refractivity contribution in [2.75, 3.05) is 13.6 Å². The van der Waals surface area contributed by atoms with Gasteiger partial charge < -0.3 is 4.90 Å². The predicted octanol–water partition coefficient (Wildman–Crippen LogP) is 2.77. The maximum atomic E-state index is 11.7. The van der Waals surface area contributed by atoms with Crippen LogP contribution in [0.2, 0.25) is 0 Å². The van der Waals surface area contributed by atoms with Crippen molar-refractivity contribution in [3.63, 3.8) is 0 Å². The van der Waals surface area contributed by atoms with Crippen LogP contribution in [-0.2, 0) is 4.79 Å². The molecule has 0 aromatic heterocycles. The van der Waals surface area contributed by atoms with Crippen molar-refractivity contribution < 1.29 is 4.79 Å². The maximum absolute atomic E-state index is 11.7. The number of nitrogens with zero attached hydrogens (tertiary/aromatic N) is 1. The summed E-state index contributed by atoms with van der Waals surface area (Å²) >= 11 is 0. The highest BCUT2D eigenvalue weighted by atomic mass is 16.2. The number of amides is 1. The average Bonchev–Trinajstić information content (AvgIpc) is 3.13. The fraction of sp³-hybridized carbons (Fsp3) is 0.643. The summed E-state index contributed by atoms with van der Waals surface area (Å²) in [5.74, 6) is 1.36. The van der Waals surface area contributed by atoms with Gasteiger partial charge in [-0.05, 0) is 38.0 Å². The van der Waals surface area contributed by atoms with E-state index in [1.54, 1.807) is 0 Å². The molecule has 1 saturated carbocycles. The van der Waals surface area contributed by atoms with Crippen molar-refractivity contribution in [2.45, 2.75) is 32.1 Å². The van der Waals surface area contributed by atoms with Gasteiger partial charge in [-0.3, -0.25) is 4.79 Å². The number of likely N-dealkylation sites (N-methyl/N-ethyl adjacent to an activating group) is 1. The monoisotopic (exact) mass is 219 g/mol. The second-order valence-corrected chi connectivity index (χ2v) is 4.97. The van der Waals surface area contributed by atoms with E-state index in [4.69, 9.17) is 0 Å². The fourth-order valence-corrected chi connectivity index (χ4v) is 2.14. The molecule has 1 atom stereocenters. The van der Waals surface area contributed by atoms with Crippen molar-refractivity contribution in [3.8, 4) is 0 Å². The molecule has 1 fully saturated rings. The van der Waals surface area contributed by atoms with Gasteiger partial charge in [0.15, 0.2) is 0 Å². The SMILES string of the molecule is CN(C/C=C\C1CC=CCC1)C(=O)C1CC1. The lowest BCUT2D eigenvalue weighted by Crippen LogP contribution is -2.28. The molecule has 2 heteroatoms. The molecule has 1 unspecified atom stereocenters. The highest BCUT2D eigenvalue weighted by Gasteiger charge is 2.31. The van der Waals surface area contributed by atoms with Crippen LogP contribution in [-0.4, -0.2) is 24.4 Å². The van der Waals surface area contributed by atoms with Crippen LogP contribution in [0.15, 0.2) is 24.3 Å². The Bertz CT molecular complexity index is 302. The molecular formula is C14H21NO. The Hall–Kier alpha value is -1.05. The van der Waals surface area contributed by atoms with E-state index in [0.29, 0.717) is 17.7 Å². The molecule has 0 aromatic carbocycles. The van der Waals surface area contributed by atoms with E-state index >= 15 is 0 Å². The second-order valence-electron chi connectivity index (χ2n) is 4.97. The average molecular weight is 219 g/mol. The molecule has 88 valence electrons. The molecule has 0 N–H and O–H groups in total. The van der Waals surface area contributed by atoms with E-state index in [0.717, 1.165) is 25.8 Å². The number of carbonyl (C=O) groups excluding carboxylic acids is 1. The largest absolute Gasteiger partial charge is 0.342 e. The summed E-state index contributed by atoms with van der Waals surface area (Å²) in [6, 6.07) is 0. The van der Waals surface area contributed by atoms with Gasteiger partial charge in [0.2, 0.25) is 5.91 Å². The summed E-state index contributed by atoms with van der Waals surface area (Å²) in [5, 5.41) is 0. The quantitative estimate of drug-likeness (QED) is 0.666. The van der Waals surface area contributed by atoms with Gasteiger partial charge in [-0.25, -0.2) is 0 Å². The predicted molar refractivity (Wildman–Crippen MR) is 66.0 cm³/mol. The summed E-state index contributed by atoms with van der Waals surface area (Å²) < 4.78 is 0. The Balaban J connectivity index is 1.71. The zero-order valence-electron chi connectivity index (χ0n) is 10.1. The minimum Gasteiger partial charge on any atom is -0.342 e. The zero-order valence-corrected chi connectivity index (χ0v) is 10.1. The Kier molecular flexibility index (Phi) is 3.81. The van der Waals surface area contributed by atoms with E-state index in [-0.39, 0.29) is 0 Å². The third-order valence-electron chi connectivity index (χ3n) is 3.40. The van der Waals surface area contributed by atoms with E-state index in [9.17, 15) is 4.79 Å². The third-order valence-corrected chi connectivity index (χ3v) is 3.40. The maximum Gasteiger partial charge on any atom is 0.225 e. The number of rotatable bonds is 4. The van der Waals surface area contributed by atoms with Gasteiger partial charge in [0.1, 0.15) is 0 Å². The van der Waals surface area contributed by atoms with Crippen molar-refractivity contribution in [1.29, 1.82) is 0 Å². The lowest BCUT2D eigenvalue weighted by Gasteiger charge is -2.16. The highest BCUT2D eigenvalue weighted by molar-refractivity contribution is 5.80. The standard InChI is InChI=1S/C14H21NO/c1-15(14(16)13-9-10-13)11-5-8-12-6-3-2-4-7-12/h2-3,5,8,12-13H,4,6-7,9-11H2,1H3/b8-5-. The number of carbonyl (C=O) groups is 1. The zero-order chi connectivity index (χ0) is 11.4. The van der Waals surface area contributed by atoms with Crippen molar-refractivity contribution >= 4 is 5.91 Å². The van der Waals surface area contributed by atoms with Crippen LogP contribution in [0.5, 0.6) is 0 Å². The molecule has 2 aliphatic rings. The van der Waals surface area contributed by atoms with Crippen molar-refractivity contribution in [3.05, 3.63) is 24.3 Å². The molecule has 0 heterocycles. The van der Waals surface area contributed by atoms with E-state index in [2.05, 4.69) is 24.3 Å². The fourth-order valence-electron chi connectivity index (χ4n) is 2.14. The number of hydrogen-bond acceptors (Lipinski definition) is 1. The van der Waals surface area contributed by atoms with Crippen molar-refractivity contribution in [2.24, 2.45) is 11.8 Å². The van der Waals surface area contributed by atoms with Crippen LogP contribution in [0.3, 0.4) is 0 Å². The molecule has 0 radical (unpaired) electrons. The van der Waals surface area contributed by atoms with Gasteiger partial charge in [0, 0.05) is 19.5 Å². The Morgan fingerprint density at radius 3 is 2.81 bits per heavy atom. The number of allylic oxidation sites excluding steroid dienone is 3. The summed E-state index contributed by atoms with van der Waals surface area (Å²) in [7, 11) is 1.91. The first kappa shape index (κ1) is 11.4. The van der Waals surface area contributed by atoms with Crippen LogP contribution in [0, 0.1) is 11.8 Å². The van der Waals surface area contributed by atoms with Crippen LogP contribution in [0.1, 0.15) is 32.1 Å². The highest BCUT2D eigenvalue weighted by Crippen LogP contribution is 2.30. The Morgan fingerprint density at radius 1 is 1.38 bits per heavy atom. The molecule has 0 aliphatic heterocycles. The summed E-state index contributed by atoms with van der Waals surface area (Å²) in [4.78, 5) is 13.5. The third kappa shape index (κ3) is 3.22. The molecule has 2 rings (SSSR count). The van der Waals surface area contributed by atoms with Crippen LogP contribution in [0.4, 0.5) is 0 Å².